The standard InChI is InChI=1S/C14H16FNO2/c1-9-8-18-14(7-16(9)2)11-6-13-10(3-4-17-13)5-12(11)15/h3-6,9,14H,7-8H2,1-2H3. The van der Waals surface area contributed by atoms with Crippen LogP contribution in [0, 0.1) is 5.82 Å². The topological polar surface area (TPSA) is 25.6 Å². The smallest absolute Gasteiger partial charge is 0.134 e. The zero-order valence-corrected chi connectivity index (χ0v) is 10.5. The maximum atomic E-state index is 14.1. The van der Waals surface area contributed by atoms with Gasteiger partial charge in [-0.25, -0.2) is 4.39 Å². The van der Waals surface area contributed by atoms with Crippen LogP contribution in [-0.2, 0) is 4.74 Å². The lowest BCUT2D eigenvalue weighted by Crippen LogP contribution is -2.42. The summed E-state index contributed by atoms with van der Waals surface area (Å²) in [4.78, 5) is 2.18. The van der Waals surface area contributed by atoms with Crippen LogP contribution < -0.4 is 0 Å². The minimum atomic E-state index is -0.225. The molecule has 1 aromatic heterocycles. The summed E-state index contributed by atoms with van der Waals surface area (Å²) in [5.41, 5.74) is 1.28. The van der Waals surface area contributed by atoms with Crippen molar-refractivity contribution in [3.8, 4) is 0 Å². The van der Waals surface area contributed by atoms with Crippen molar-refractivity contribution < 1.29 is 13.5 Å². The highest BCUT2D eigenvalue weighted by atomic mass is 19.1. The van der Waals surface area contributed by atoms with Crippen LogP contribution in [0.5, 0.6) is 0 Å². The average molecular weight is 249 g/mol. The molecular weight excluding hydrogens is 233 g/mol. The van der Waals surface area contributed by atoms with Crippen LogP contribution >= 0.6 is 0 Å². The zero-order valence-electron chi connectivity index (χ0n) is 10.5. The van der Waals surface area contributed by atoms with E-state index in [0.29, 0.717) is 30.3 Å². The maximum absolute atomic E-state index is 14.1. The summed E-state index contributed by atoms with van der Waals surface area (Å²) in [5.74, 6) is -0.225. The molecule has 0 saturated carbocycles. The Hall–Kier alpha value is -1.39. The quantitative estimate of drug-likeness (QED) is 0.777. The molecule has 0 bridgehead atoms. The van der Waals surface area contributed by atoms with Crippen molar-refractivity contribution in [1.29, 1.82) is 0 Å². The molecule has 3 nitrogen and oxygen atoms in total. The first-order valence-corrected chi connectivity index (χ1v) is 6.13. The van der Waals surface area contributed by atoms with Crippen molar-refractivity contribution in [2.45, 2.75) is 19.1 Å². The Balaban J connectivity index is 1.95. The summed E-state index contributed by atoms with van der Waals surface area (Å²) in [5, 5.41) is 0.786. The molecule has 2 atom stereocenters. The maximum Gasteiger partial charge on any atom is 0.134 e. The molecule has 1 aliphatic heterocycles. The molecule has 4 heteroatoms. The van der Waals surface area contributed by atoms with Crippen molar-refractivity contribution in [2.24, 2.45) is 0 Å². The molecule has 1 aliphatic rings. The number of likely N-dealkylation sites (N-methyl/N-ethyl adjacent to an activating group) is 1. The van der Waals surface area contributed by atoms with Crippen molar-refractivity contribution >= 4 is 11.0 Å². The van der Waals surface area contributed by atoms with E-state index in [4.69, 9.17) is 9.15 Å². The van der Waals surface area contributed by atoms with Gasteiger partial charge in [-0.3, -0.25) is 4.90 Å². The van der Waals surface area contributed by atoms with Crippen molar-refractivity contribution in [3.05, 3.63) is 35.8 Å². The monoisotopic (exact) mass is 249 g/mol. The molecule has 0 amide bonds. The number of morpholine rings is 1. The predicted molar refractivity (Wildman–Crippen MR) is 67.0 cm³/mol. The third-order valence-corrected chi connectivity index (χ3v) is 3.66. The fourth-order valence-electron chi connectivity index (χ4n) is 2.31. The summed E-state index contributed by atoms with van der Waals surface area (Å²) in [7, 11) is 2.03. The second kappa shape index (κ2) is 4.37. The molecule has 1 saturated heterocycles. The molecule has 1 aromatic carbocycles. The number of furan rings is 1. The summed E-state index contributed by atoms with van der Waals surface area (Å²) in [6.07, 6.45) is 1.35. The Morgan fingerprint density at radius 1 is 1.39 bits per heavy atom. The van der Waals surface area contributed by atoms with Crippen LogP contribution in [-0.4, -0.2) is 31.1 Å². The SMILES string of the molecule is CC1COC(c2cc3occc3cc2F)CN1C. The molecule has 1 fully saturated rings. The van der Waals surface area contributed by atoms with Gasteiger partial charge in [-0.05, 0) is 32.2 Å². The number of fused-ring (bicyclic) bond motifs is 1. The van der Waals surface area contributed by atoms with E-state index in [9.17, 15) is 4.39 Å². The van der Waals surface area contributed by atoms with E-state index in [0.717, 1.165) is 5.39 Å². The van der Waals surface area contributed by atoms with Crippen LogP contribution in [0.1, 0.15) is 18.6 Å². The normalized spacial score (nSPS) is 25.7. The molecule has 0 radical (unpaired) electrons. The van der Waals surface area contributed by atoms with Gasteiger partial charge < -0.3 is 9.15 Å². The van der Waals surface area contributed by atoms with E-state index in [2.05, 4.69) is 11.8 Å². The van der Waals surface area contributed by atoms with Gasteiger partial charge in [-0.15, -0.1) is 0 Å². The summed E-state index contributed by atoms with van der Waals surface area (Å²) < 4.78 is 25.1. The lowest BCUT2D eigenvalue weighted by molar-refractivity contribution is -0.0513. The Kier molecular flexibility index (Phi) is 2.84. The van der Waals surface area contributed by atoms with Gasteiger partial charge in [0.1, 0.15) is 11.4 Å². The fourth-order valence-corrected chi connectivity index (χ4v) is 2.31. The molecule has 96 valence electrons. The van der Waals surface area contributed by atoms with Crippen LogP contribution in [0.15, 0.2) is 28.9 Å². The van der Waals surface area contributed by atoms with Gasteiger partial charge in [0.2, 0.25) is 0 Å². The number of halogens is 1. The predicted octanol–water partition coefficient (Wildman–Crippen LogP) is 2.96. The van der Waals surface area contributed by atoms with E-state index >= 15 is 0 Å². The highest BCUT2D eigenvalue weighted by Crippen LogP contribution is 2.29. The average Bonchev–Trinajstić information content (AvgIpc) is 2.79. The van der Waals surface area contributed by atoms with E-state index in [1.54, 1.807) is 18.4 Å². The number of nitrogens with zero attached hydrogens (tertiary/aromatic N) is 1. The highest BCUT2D eigenvalue weighted by Gasteiger charge is 2.26. The van der Waals surface area contributed by atoms with E-state index in [-0.39, 0.29) is 11.9 Å². The molecule has 2 unspecified atom stereocenters. The minimum Gasteiger partial charge on any atom is -0.464 e. The molecule has 0 spiro atoms. The minimum absolute atomic E-state index is 0.222. The lowest BCUT2D eigenvalue weighted by Gasteiger charge is -2.35. The van der Waals surface area contributed by atoms with Gasteiger partial charge in [-0.1, -0.05) is 0 Å². The third-order valence-electron chi connectivity index (χ3n) is 3.66. The molecule has 18 heavy (non-hydrogen) atoms. The molecule has 2 aromatic rings. The Morgan fingerprint density at radius 3 is 3.00 bits per heavy atom. The number of ether oxygens (including phenoxy) is 1. The number of rotatable bonds is 1. The Bertz CT molecular complexity index is 566. The Labute approximate surface area is 105 Å². The highest BCUT2D eigenvalue weighted by molar-refractivity contribution is 5.78. The molecule has 2 heterocycles. The van der Waals surface area contributed by atoms with Crippen LogP contribution in [0.4, 0.5) is 4.39 Å². The van der Waals surface area contributed by atoms with Gasteiger partial charge in [0, 0.05) is 23.5 Å². The third kappa shape index (κ3) is 1.91. The molecule has 0 N–H and O–H groups in total. The fraction of sp³-hybridized carbons (Fsp3) is 0.429. The van der Waals surface area contributed by atoms with Crippen molar-refractivity contribution in [2.75, 3.05) is 20.2 Å². The van der Waals surface area contributed by atoms with Gasteiger partial charge in [0.05, 0.1) is 19.0 Å². The first-order valence-electron chi connectivity index (χ1n) is 6.13. The first-order chi connectivity index (χ1) is 8.65. The number of benzene rings is 1. The lowest BCUT2D eigenvalue weighted by atomic mass is 10.0. The molecular formula is C14H16FNO2. The van der Waals surface area contributed by atoms with Crippen LogP contribution in [0.25, 0.3) is 11.0 Å². The number of hydrogen-bond acceptors (Lipinski definition) is 3. The van der Waals surface area contributed by atoms with Crippen molar-refractivity contribution in [3.63, 3.8) is 0 Å². The largest absolute Gasteiger partial charge is 0.464 e. The second-order valence-corrected chi connectivity index (χ2v) is 4.94. The van der Waals surface area contributed by atoms with Crippen LogP contribution in [0.2, 0.25) is 0 Å². The van der Waals surface area contributed by atoms with Gasteiger partial charge in [0.25, 0.3) is 0 Å². The van der Waals surface area contributed by atoms with E-state index in [1.807, 2.05) is 7.05 Å². The molecule has 3 rings (SSSR count). The van der Waals surface area contributed by atoms with Gasteiger partial charge >= 0.3 is 0 Å². The second-order valence-electron chi connectivity index (χ2n) is 4.94. The summed E-state index contributed by atoms with van der Waals surface area (Å²) >= 11 is 0. The number of hydrogen-bond donors (Lipinski definition) is 0. The summed E-state index contributed by atoms with van der Waals surface area (Å²) in [6, 6.07) is 5.39. The van der Waals surface area contributed by atoms with Crippen LogP contribution in [0.3, 0.4) is 0 Å². The summed E-state index contributed by atoms with van der Waals surface area (Å²) in [6.45, 7) is 3.42. The van der Waals surface area contributed by atoms with E-state index in [1.165, 1.54) is 6.07 Å². The molecule has 0 aliphatic carbocycles. The van der Waals surface area contributed by atoms with E-state index < -0.39 is 0 Å². The van der Waals surface area contributed by atoms with Gasteiger partial charge in [-0.2, -0.15) is 0 Å². The first kappa shape index (κ1) is 11.7. The van der Waals surface area contributed by atoms with Gasteiger partial charge in [0.15, 0.2) is 0 Å². The van der Waals surface area contributed by atoms with Crippen molar-refractivity contribution in [1.82, 2.24) is 4.90 Å². The Morgan fingerprint density at radius 2 is 2.22 bits per heavy atom. The zero-order chi connectivity index (χ0) is 12.7.